The van der Waals surface area contributed by atoms with Crippen LogP contribution in [0.15, 0.2) is 55.3 Å². The number of aromatic nitrogens is 1. The number of aryl methyl sites for hydroxylation is 1. The smallest absolute Gasteiger partial charge is 0.319 e. The van der Waals surface area contributed by atoms with Crippen molar-refractivity contribution in [2.45, 2.75) is 6.92 Å². The quantitative estimate of drug-likeness (QED) is 0.742. The fourth-order valence-electron chi connectivity index (χ4n) is 1.78. The second kappa shape index (κ2) is 7.74. The van der Waals surface area contributed by atoms with Gasteiger partial charge in [-0.2, -0.15) is 0 Å². The van der Waals surface area contributed by atoms with Crippen molar-refractivity contribution in [1.29, 1.82) is 0 Å². The summed E-state index contributed by atoms with van der Waals surface area (Å²) in [6, 6.07) is 10.0. The Morgan fingerprint density at radius 3 is 2.30 bits per heavy atom. The minimum Gasteiger partial charge on any atom is -0.334 e. The molecule has 0 aliphatic heterocycles. The van der Waals surface area contributed by atoms with Crippen LogP contribution in [0.4, 0.5) is 16.2 Å². The molecule has 6 nitrogen and oxygen atoms in total. The maximum Gasteiger partial charge on any atom is 0.319 e. The monoisotopic (exact) mass is 310 g/mol. The van der Waals surface area contributed by atoms with Gasteiger partial charge in [0.15, 0.2) is 0 Å². The molecule has 0 atom stereocenters. The van der Waals surface area contributed by atoms with Gasteiger partial charge in [-0.05, 0) is 43.3 Å². The van der Waals surface area contributed by atoms with Crippen molar-refractivity contribution in [3.63, 3.8) is 0 Å². The van der Waals surface area contributed by atoms with E-state index >= 15 is 0 Å². The lowest BCUT2D eigenvalue weighted by atomic mass is 10.2. The second-order valence-corrected chi connectivity index (χ2v) is 4.84. The third-order valence-corrected chi connectivity index (χ3v) is 2.98. The molecule has 0 radical (unpaired) electrons. The van der Waals surface area contributed by atoms with Crippen LogP contribution >= 0.6 is 0 Å². The topological polar surface area (TPSA) is 83.1 Å². The molecular formula is C17H18N4O2. The lowest BCUT2D eigenvalue weighted by Crippen LogP contribution is -2.28. The van der Waals surface area contributed by atoms with Crippen molar-refractivity contribution in [2.75, 3.05) is 17.2 Å². The van der Waals surface area contributed by atoms with Crippen LogP contribution in [0, 0.1) is 6.92 Å². The summed E-state index contributed by atoms with van der Waals surface area (Å²) >= 11 is 0. The maximum atomic E-state index is 12.1. The van der Waals surface area contributed by atoms with Gasteiger partial charge in [-0.15, -0.1) is 6.58 Å². The van der Waals surface area contributed by atoms with Gasteiger partial charge in [-0.25, -0.2) is 4.79 Å². The van der Waals surface area contributed by atoms with E-state index in [1.165, 1.54) is 6.20 Å². The standard InChI is InChI=1S/C17H18N4O2/c1-3-10-18-17(23)21-15-8-6-14(7-9-15)20-16(22)13-5-4-12(2)19-11-13/h3-9,11H,1,10H2,2H3,(H,20,22)(H2,18,21,23). The number of benzene rings is 1. The highest BCUT2D eigenvalue weighted by molar-refractivity contribution is 6.04. The van der Waals surface area contributed by atoms with Crippen molar-refractivity contribution in [1.82, 2.24) is 10.3 Å². The number of nitrogens with zero attached hydrogens (tertiary/aromatic N) is 1. The molecule has 3 N–H and O–H groups in total. The Balaban J connectivity index is 1.94. The second-order valence-electron chi connectivity index (χ2n) is 4.84. The number of amides is 3. The first-order valence-corrected chi connectivity index (χ1v) is 7.08. The molecular weight excluding hydrogens is 292 g/mol. The minimum atomic E-state index is -0.313. The van der Waals surface area contributed by atoms with E-state index in [2.05, 4.69) is 27.5 Å². The molecule has 118 valence electrons. The van der Waals surface area contributed by atoms with Crippen molar-refractivity contribution in [2.24, 2.45) is 0 Å². The average Bonchev–Trinajstić information content (AvgIpc) is 2.55. The molecule has 3 amide bonds. The number of carbonyl (C=O) groups is 2. The third kappa shape index (κ3) is 4.96. The summed E-state index contributed by atoms with van der Waals surface area (Å²) in [4.78, 5) is 27.7. The van der Waals surface area contributed by atoms with Gasteiger partial charge in [0.25, 0.3) is 5.91 Å². The molecule has 2 rings (SSSR count). The van der Waals surface area contributed by atoms with Crippen LogP contribution in [0.2, 0.25) is 0 Å². The Kier molecular flexibility index (Phi) is 5.46. The molecule has 2 aromatic rings. The molecule has 6 heteroatoms. The third-order valence-electron chi connectivity index (χ3n) is 2.98. The van der Waals surface area contributed by atoms with Gasteiger partial charge in [0.05, 0.1) is 5.56 Å². The average molecular weight is 310 g/mol. The highest BCUT2D eigenvalue weighted by Crippen LogP contribution is 2.14. The summed E-state index contributed by atoms with van der Waals surface area (Å²) in [6.07, 6.45) is 3.13. The fourth-order valence-corrected chi connectivity index (χ4v) is 1.78. The van der Waals surface area contributed by atoms with Crippen molar-refractivity contribution >= 4 is 23.3 Å². The first-order valence-electron chi connectivity index (χ1n) is 7.08. The Labute approximate surface area is 134 Å². The van der Waals surface area contributed by atoms with E-state index < -0.39 is 0 Å². The Hall–Kier alpha value is -3.15. The molecule has 0 unspecified atom stereocenters. The number of urea groups is 1. The number of hydrogen-bond donors (Lipinski definition) is 3. The predicted molar refractivity (Wildman–Crippen MR) is 90.6 cm³/mol. The maximum absolute atomic E-state index is 12.1. The van der Waals surface area contributed by atoms with E-state index in [1.54, 1.807) is 42.5 Å². The van der Waals surface area contributed by atoms with E-state index in [0.717, 1.165) is 5.69 Å². The summed E-state index contributed by atoms with van der Waals surface area (Å²) in [5.41, 5.74) is 2.60. The molecule has 0 fully saturated rings. The zero-order chi connectivity index (χ0) is 16.7. The zero-order valence-electron chi connectivity index (χ0n) is 12.8. The molecule has 1 aromatic carbocycles. The molecule has 0 bridgehead atoms. The van der Waals surface area contributed by atoms with Gasteiger partial charge < -0.3 is 16.0 Å². The molecule has 1 aromatic heterocycles. The number of hydrogen-bond acceptors (Lipinski definition) is 3. The molecule has 0 aliphatic rings. The number of rotatable bonds is 5. The van der Waals surface area contributed by atoms with Crippen LogP contribution in [0.1, 0.15) is 16.1 Å². The van der Waals surface area contributed by atoms with Crippen molar-refractivity contribution in [3.05, 3.63) is 66.5 Å². The predicted octanol–water partition coefficient (Wildman–Crippen LogP) is 2.95. The van der Waals surface area contributed by atoms with E-state index in [0.29, 0.717) is 23.5 Å². The molecule has 0 spiro atoms. The van der Waals surface area contributed by atoms with E-state index in [9.17, 15) is 9.59 Å². The summed E-state index contributed by atoms with van der Waals surface area (Å²) in [6.45, 7) is 5.77. The van der Waals surface area contributed by atoms with Gasteiger partial charge in [-0.3, -0.25) is 9.78 Å². The Bertz CT molecular complexity index is 694. The summed E-state index contributed by atoms with van der Waals surface area (Å²) in [5.74, 6) is -0.234. The largest absolute Gasteiger partial charge is 0.334 e. The van der Waals surface area contributed by atoms with Gasteiger partial charge in [0, 0.05) is 29.8 Å². The van der Waals surface area contributed by atoms with Gasteiger partial charge in [0.1, 0.15) is 0 Å². The molecule has 23 heavy (non-hydrogen) atoms. The highest BCUT2D eigenvalue weighted by atomic mass is 16.2. The number of carbonyl (C=O) groups excluding carboxylic acids is 2. The van der Waals surface area contributed by atoms with Gasteiger partial charge in [-0.1, -0.05) is 6.08 Å². The Morgan fingerprint density at radius 1 is 1.09 bits per heavy atom. The normalized spacial score (nSPS) is 9.78. The van der Waals surface area contributed by atoms with Crippen LogP contribution in [0.25, 0.3) is 0 Å². The molecule has 0 aliphatic carbocycles. The van der Waals surface area contributed by atoms with Crippen LogP contribution in [-0.4, -0.2) is 23.5 Å². The molecule has 0 saturated carbocycles. The van der Waals surface area contributed by atoms with Crippen LogP contribution in [-0.2, 0) is 0 Å². The zero-order valence-corrected chi connectivity index (χ0v) is 12.8. The summed E-state index contributed by atoms with van der Waals surface area (Å²) in [5, 5.41) is 8.06. The lowest BCUT2D eigenvalue weighted by molar-refractivity contribution is 0.102. The van der Waals surface area contributed by atoms with E-state index in [1.807, 2.05) is 6.92 Å². The first-order chi connectivity index (χ1) is 11.1. The van der Waals surface area contributed by atoms with Crippen LogP contribution in [0.3, 0.4) is 0 Å². The van der Waals surface area contributed by atoms with Gasteiger partial charge in [0.2, 0.25) is 0 Å². The highest BCUT2D eigenvalue weighted by Gasteiger charge is 2.06. The van der Waals surface area contributed by atoms with E-state index in [4.69, 9.17) is 0 Å². The van der Waals surface area contributed by atoms with Gasteiger partial charge >= 0.3 is 6.03 Å². The SMILES string of the molecule is C=CCNC(=O)Nc1ccc(NC(=O)c2ccc(C)nc2)cc1. The number of anilines is 2. The van der Waals surface area contributed by atoms with Crippen molar-refractivity contribution < 1.29 is 9.59 Å². The Morgan fingerprint density at radius 2 is 1.74 bits per heavy atom. The first kappa shape index (κ1) is 16.2. The molecule has 1 heterocycles. The van der Waals surface area contributed by atoms with Crippen LogP contribution < -0.4 is 16.0 Å². The summed E-state index contributed by atoms with van der Waals surface area (Å²) < 4.78 is 0. The minimum absolute atomic E-state index is 0.234. The van der Waals surface area contributed by atoms with Crippen molar-refractivity contribution in [3.8, 4) is 0 Å². The number of pyridine rings is 1. The number of nitrogens with one attached hydrogen (secondary N) is 3. The van der Waals surface area contributed by atoms with E-state index in [-0.39, 0.29) is 11.9 Å². The lowest BCUT2D eigenvalue weighted by Gasteiger charge is -2.08. The van der Waals surface area contributed by atoms with Crippen LogP contribution in [0.5, 0.6) is 0 Å². The molecule has 0 saturated heterocycles. The fraction of sp³-hybridized carbons (Fsp3) is 0.118. The summed E-state index contributed by atoms with van der Waals surface area (Å²) in [7, 11) is 0.